The molecular formula is C32H25Cl3N2O4. The molecule has 1 aliphatic heterocycles. The van der Waals surface area contributed by atoms with Crippen LogP contribution in [0.4, 0.5) is 16.2 Å². The number of benzene rings is 4. The zero-order valence-corrected chi connectivity index (χ0v) is 24.5. The molecule has 0 aliphatic carbocycles. The first-order chi connectivity index (χ1) is 19.8. The molecule has 1 heterocycles. The molecule has 2 amide bonds. The fourth-order valence-electron chi connectivity index (χ4n) is 4.79. The Hall–Kier alpha value is -3.97. The number of ether oxygens (including phenoxy) is 2. The van der Waals surface area contributed by atoms with Gasteiger partial charge in [-0.1, -0.05) is 71.2 Å². The van der Waals surface area contributed by atoms with Crippen LogP contribution in [0.3, 0.4) is 0 Å². The summed E-state index contributed by atoms with van der Waals surface area (Å²) in [4.78, 5) is 29.4. The topological polar surface area (TPSA) is 59.1 Å². The second-order valence-electron chi connectivity index (χ2n) is 9.29. The van der Waals surface area contributed by atoms with Crippen LogP contribution in [-0.2, 0) is 22.6 Å². The number of methoxy groups -OCH3 is 2. The number of amides is 2. The molecule has 5 rings (SSSR count). The minimum atomic E-state index is -0.505. The minimum Gasteiger partial charge on any atom is -0.497 e. The maximum atomic E-state index is 14.3. The summed E-state index contributed by atoms with van der Waals surface area (Å²) in [5, 5.41) is 1.18. The Morgan fingerprint density at radius 2 is 1.56 bits per heavy atom. The van der Waals surface area contributed by atoms with Crippen molar-refractivity contribution in [3.8, 4) is 16.9 Å². The number of hydrogen-bond donors (Lipinski definition) is 0. The number of esters is 1. The highest BCUT2D eigenvalue weighted by molar-refractivity contribution is 6.40. The van der Waals surface area contributed by atoms with E-state index < -0.39 is 5.97 Å². The van der Waals surface area contributed by atoms with Crippen molar-refractivity contribution < 1.29 is 19.1 Å². The summed E-state index contributed by atoms with van der Waals surface area (Å²) in [7, 11) is 2.92. The predicted molar refractivity (Wildman–Crippen MR) is 164 cm³/mol. The van der Waals surface area contributed by atoms with Crippen molar-refractivity contribution in [2.75, 3.05) is 19.1 Å². The Morgan fingerprint density at radius 1 is 0.878 bits per heavy atom. The molecule has 0 atom stereocenters. The summed E-state index contributed by atoms with van der Waals surface area (Å²) >= 11 is 20.0. The molecule has 0 N–H and O–H groups in total. The fraction of sp³-hybridized carbons (Fsp3) is 0.125. The second kappa shape index (κ2) is 12.3. The Labute approximate surface area is 253 Å². The molecular weight excluding hydrogens is 583 g/mol. The van der Waals surface area contributed by atoms with E-state index in [4.69, 9.17) is 44.3 Å². The molecule has 9 heteroatoms. The molecule has 41 heavy (non-hydrogen) atoms. The second-order valence-corrected chi connectivity index (χ2v) is 10.5. The number of nitrogens with zero attached hydrogens (tertiary/aromatic N) is 2. The molecule has 1 aliphatic rings. The lowest BCUT2D eigenvalue weighted by atomic mass is 9.92. The van der Waals surface area contributed by atoms with Gasteiger partial charge in [0.2, 0.25) is 0 Å². The number of carbonyl (C=O) groups is 2. The van der Waals surface area contributed by atoms with Crippen molar-refractivity contribution in [2.24, 2.45) is 0 Å². The van der Waals surface area contributed by atoms with Crippen LogP contribution in [0.5, 0.6) is 5.75 Å². The molecule has 0 fully saturated rings. The third-order valence-electron chi connectivity index (χ3n) is 6.77. The van der Waals surface area contributed by atoms with Gasteiger partial charge < -0.3 is 14.4 Å². The fourth-order valence-corrected chi connectivity index (χ4v) is 5.59. The van der Waals surface area contributed by atoms with Gasteiger partial charge in [-0.15, -0.1) is 0 Å². The van der Waals surface area contributed by atoms with Crippen LogP contribution in [0.15, 0.2) is 84.9 Å². The Morgan fingerprint density at radius 3 is 2.22 bits per heavy atom. The first-order valence-corrected chi connectivity index (χ1v) is 13.8. The van der Waals surface area contributed by atoms with E-state index in [-0.39, 0.29) is 6.03 Å². The molecule has 0 unspecified atom stereocenters. The molecule has 0 bridgehead atoms. The largest absolute Gasteiger partial charge is 0.497 e. The van der Waals surface area contributed by atoms with Crippen molar-refractivity contribution in [3.63, 3.8) is 0 Å². The molecule has 0 spiro atoms. The highest BCUT2D eigenvalue weighted by Crippen LogP contribution is 2.46. The Kier molecular flexibility index (Phi) is 8.54. The zero-order valence-electron chi connectivity index (χ0n) is 22.2. The average Bonchev–Trinajstić information content (AvgIpc) is 2.98. The van der Waals surface area contributed by atoms with Crippen LogP contribution in [0.2, 0.25) is 15.1 Å². The van der Waals surface area contributed by atoms with Crippen LogP contribution in [0.1, 0.15) is 16.7 Å². The molecule has 0 saturated carbocycles. The number of urea groups is 1. The van der Waals surface area contributed by atoms with Crippen molar-refractivity contribution >= 4 is 64.3 Å². The van der Waals surface area contributed by atoms with Crippen LogP contribution < -0.4 is 9.64 Å². The number of carbonyl (C=O) groups excluding carboxylic acids is 2. The van der Waals surface area contributed by atoms with Gasteiger partial charge >= 0.3 is 12.0 Å². The van der Waals surface area contributed by atoms with Crippen molar-refractivity contribution in [2.45, 2.75) is 13.1 Å². The molecule has 4 aromatic carbocycles. The monoisotopic (exact) mass is 606 g/mol. The zero-order chi connectivity index (χ0) is 29.1. The Bertz CT molecular complexity index is 1630. The van der Waals surface area contributed by atoms with Crippen LogP contribution in [0.25, 0.3) is 17.2 Å². The summed E-state index contributed by atoms with van der Waals surface area (Å²) in [6, 6.07) is 23.6. The lowest BCUT2D eigenvalue weighted by molar-refractivity contribution is -0.134. The number of rotatable bonds is 7. The molecule has 0 saturated heterocycles. The number of fused-ring (bicyclic) bond motifs is 1. The van der Waals surface area contributed by atoms with Gasteiger partial charge in [-0.2, -0.15) is 0 Å². The van der Waals surface area contributed by atoms with Crippen molar-refractivity contribution in [3.05, 3.63) is 117 Å². The Balaban J connectivity index is 1.74. The smallest absolute Gasteiger partial charge is 0.330 e. The third-order valence-corrected chi connectivity index (χ3v) is 7.71. The molecule has 0 radical (unpaired) electrons. The number of halogens is 3. The lowest BCUT2D eigenvalue weighted by Gasteiger charge is -2.39. The third kappa shape index (κ3) is 5.91. The van der Waals surface area contributed by atoms with Gasteiger partial charge in [0.05, 0.1) is 42.2 Å². The molecule has 0 aromatic heterocycles. The summed E-state index contributed by atoms with van der Waals surface area (Å²) in [5.41, 5.74) is 4.95. The summed E-state index contributed by atoms with van der Waals surface area (Å²) in [5.74, 6) is 0.219. The normalized spacial score (nSPS) is 13.0. The molecule has 4 aromatic rings. The minimum absolute atomic E-state index is 0.292. The van der Waals surface area contributed by atoms with Crippen LogP contribution in [0, 0.1) is 0 Å². The van der Waals surface area contributed by atoms with Gasteiger partial charge in [0.25, 0.3) is 0 Å². The maximum absolute atomic E-state index is 14.3. The quantitative estimate of drug-likeness (QED) is 0.156. The summed E-state index contributed by atoms with van der Waals surface area (Å²) in [6.07, 6.45) is 2.96. The number of para-hydroxylation sites is 1. The lowest BCUT2D eigenvalue weighted by Crippen LogP contribution is -2.44. The van der Waals surface area contributed by atoms with Crippen LogP contribution in [-0.4, -0.2) is 31.1 Å². The van der Waals surface area contributed by atoms with Gasteiger partial charge in [-0.05, 0) is 65.2 Å². The van der Waals surface area contributed by atoms with Crippen molar-refractivity contribution in [1.29, 1.82) is 0 Å². The molecule has 208 valence electrons. The van der Waals surface area contributed by atoms with Crippen molar-refractivity contribution in [1.82, 2.24) is 4.90 Å². The van der Waals surface area contributed by atoms with Gasteiger partial charge in [0.1, 0.15) is 5.75 Å². The highest BCUT2D eigenvalue weighted by Gasteiger charge is 2.36. The molecule has 6 nitrogen and oxygen atoms in total. The maximum Gasteiger partial charge on any atom is 0.330 e. The van der Waals surface area contributed by atoms with E-state index in [0.29, 0.717) is 45.1 Å². The van der Waals surface area contributed by atoms with Gasteiger partial charge in [0.15, 0.2) is 0 Å². The number of anilines is 2. The van der Waals surface area contributed by atoms with E-state index in [2.05, 4.69) is 0 Å². The summed E-state index contributed by atoms with van der Waals surface area (Å²) < 4.78 is 10.1. The van der Waals surface area contributed by atoms with Gasteiger partial charge in [0, 0.05) is 28.8 Å². The van der Waals surface area contributed by atoms with E-state index in [1.54, 1.807) is 36.3 Å². The first-order valence-electron chi connectivity index (χ1n) is 12.6. The predicted octanol–water partition coefficient (Wildman–Crippen LogP) is 8.78. The highest BCUT2D eigenvalue weighted by atomic mass is 35.5. The van der Waals surface area contributed by atoms with Gasteiger partial charge in [-0.3, -0.25) is 4.90 Å². The first kappa shape index (κ1) is 28.6. The van der Waals surface area contributed by atoms with E-state index in [1.165, 1.54) is 18.1 Å². The van der Waals surface area contributed by atoms with E-state index in [0.717, 1.165) is 28.0 Å². The summed E-state index contributed by atoms with van der Waals surface area (Å²) in [6.45, 7) is 0.618. The number of hydrogen-bond acceptors (Lipinski definition) is 4. The van der Waals surface area contributed by atoms with E-state index in [1.807, 2.05) is 60.7 Å². The standard InChI is InChI=1S/C32H25Cl3N2O4/c1-40-22-13-10-20(11-14-22)18-36-19-25-24(23-6-3-4-7-26(23)33)16-21(12-15-30(38)41-2)17-29(25)37(32(36)39)31-27(34)8-5-9-28(31)35/h3-17H,18-19H2,1-2H3. The van der Waals surface area contributed by atoms with Crippen LogP contribution >= 0.6 is 34.8 Å². The van der Waals surface area contributed by atoms with Gasteiger partial charge in [-0.25, -0.2) is 9.59 Å². The van der Waals surface area contributed by atoms with E-state index in [9.17, 15) is 9.59 Å². The SMILES string of the molecule is COC(=O)C=Cc1cc(-c2ccccc2Cl)c2c(c1)N(c1c(Cl)cccc1Cl)C(=O)N(Cc1ccc(OC)cc1)C2. The average molecular weight is 608 g/mol. The van der Waals surface area contributed by atoms with E-state index >= 15 is 0 Å².